The molecule has 1 aliphatic rings. The minimum atomic E-state index is -1.12. The fourth-order valence-electron chi connectivity index (χ4n) is 3.16. The molecule has 0 saturated heterocycles. The van der Waals surface area contributed by atoms with Crippen LogP contribution in [-0.2, 0) is 14.4 Å². The van der Waals surface area contributed by atoms with E-state index < -0.39 is 17.9 Å². The Labute approximate surface area is 164 Å². The number of rotatable bonds is 8. The lowest BCUT2D eigenvalue weighted by Gasteiger charge is -2.20. The van der Waals surface area contributed by atoms with Crippen LogP contribution in [0.2, 0.25) is 0 Å². The second-order valence-electron chi connectivity index (χ2n) is 7.14. The van der Waals surface area contributed by atoms with E-state index in [0.29, 0.717) is 18.0 Å². The Balaban J connectivity index is 1.75. The van der Waals surface area contributed by atoms with E-state index in [9.17, 15) is 19.2 Å². The molecule has 152 valence electrons. The molecule has 28 heavy (non-hydrogen) atoms. The zero-order valence-electron chi connectivity index (χ0n) is 16.0. The first-order chi connectivity index (χ1) is 13.3. The predicted molar refractivity (Wildman–Crippen MR) is 104 cm³/mol. The van der Waals surface area contributed by atoms with E-state index in [2.05, 4.69) is 16.0 Å². The first kappa shape index (κ1) is 21.4. The molecule has 0 aliphatic heterocycles. The topological polar surface area (TPSA) is 125 Å². The highest BCUT2D eigenvalue weighted by molar-refractivity contribution is 5.98. The van der Waals surface area contributed by atoms with E-state index in [1.54, 1.807) is 12.1 Å². The zero-order valence-corrected chi connectivity index (χ0v) is 16.0. The van der Waals surface area contributed by atoms with Crippen LogP contribution in [0.3, 0.4) is 0 Å². The van der Waals surface area contributed by atoms with Crippen LogP contribution in [0.15, 0.2) is 24.3 Å². The van der Waals surface area contributed by atoms with Gasteiger partial charge in [-0.1, -0.05) is 19.3 Å². The van der Waals surface area contributed by atoms with Gasteiger partial charge in [0.1, 0.15) is 6.04 Å². The van der Waals surface area contributed by atoms with Crippen LogP contribution in [0.25, 0.3) is 0 Å². The molecule has 0 radical (unpaired) electrons. The molecule has 2 rings (SSSR count). The van der Waals surface area contributed by atoms with Gasteiger partial charge in [0.15, 0.2) is 0 Å². The monoisotopic (exact) mass is 389 g/mol. The second-order valence-corrected chi connectivity index (χ2v) is 7.14. The summed E-state index contributed by atoms with van der Waals surface area (Å²) < 4.78 is 0. The maximum atomic E-state index is 12.0. The molecule has 1 saturated carbocycles. The first-order valence-corrected chi connectivity index (χ1v) is 9.55. The van der Waals surface area contributed by atoms with Crippen molar-refractivity contribution in [3.8, 4) is 0 Å². The average Bonchev–Trinajstić information content (AvgIpc) is 2.67. The van der Waals surface area contributed by atoms with Gasteiger partial charge in [-0.25, -0.2) is 0 Å². The normalized spacial score (nSPS) is 15.3. The van der Waals surface area contributed by atoms with Crippen LogP contribution in [0.1, 0.15) is 55.8 Å². The van der Waals surface area contributed by atoms with Gasteiger partial charge >= 0.3 is 5.97 Å². The van der Waals surface area contributed by atoms with Crippen molar-refractivity contribution in [3.63, 3.8) is 0 Å². The summed E-state index contributed by atoms with van der Waals surface area (Å²) in [6.45, 7) is 1.27. The lowest BCUT2D eigenvalue weighted by Crippen LogP contribution is -2.38. The molecular formula is C20H27N3O5. The molecule has 8 nitrogen and oxygen atoms in total. The number of anilines is 1. The van der Waals surface area contributed by atoms with Crippen molar-refractivity contribution in [1.82, 2.24) is 10.6 Å². The lowest BCUT2D eigenvalue weighted by atomic mass is 9.87. The summed E-state index contributed by atoms with van der Waals surface area (Å²) >= 11 is 0. The van der Waals surface area contributed by atoms with Gasteiger partial charge in [0, 0.05) is 17.7 Å². The highest BCUT2D eigenvalue weighted by Gasteiger charge is 2.18. The Morgan fingerprint density at radius 2 is 1.68 bits per heavy atom. The van der Waals surface area contributed by atoms with E-state index in [0.717, 1.165) is 12.8 Å². The van der Waals surface area contributed by atoms with Gasteiger partial charge < -0.3 is 21.1 Å². The summed E-state index contributed by atoms with van der Waals surface area (Å²) in [5.41, 5.74) is 0.765. The fraction of sp³-hybridized carbons (Fsp3) is 0.500. The third-order valence-corrected chi connectivity index (χ3v) is 4.79. The SMILES string of the molecule is CC(NC(=O)c1ccc(NC(=O)CNC(=O)CC2CCCCC2)cc1)C(=O)O. The summed E-state index contributed by atoms with van der Waals surface area (Å²) in [6, 6.07) is 5.07. The van der Waals surface area contributed by atoms with Crippen LogP contribution in [-0.4, -0.2) is 41.4 Å². The van der Waals surface area contributed by atoms with Crippen molar-refractivity contribution >= 4 is 29.4 Å². The molecule has 1 atom stereocenters. The van der Waals surface area contributed by atoms with Crippen LogP contribution >= 0.6 is 0 Å². The van der Waals surface area contributed by atoms with E-state index in [-0.39, 0.29) is 23.9 Å². The predicted octanol–water partition coefficient (Wildman–Crippen LogP) is 1.91. The van der Waals surface area contributed by atoms with Crippen molar-refractivity contribution < 1.29 is 24.3 Å². The Morgan fingerprint density at radius 3 is 2.29 bits per heavy atom. The van der Waals surface area contributed by atoms with Crippen molar-refractivity contribution in [3.05, 3.63) is 29.8 Å². The third-order valence-electron chi connectivity index (χ3n) is 4.79. The van der Waals surface area contributed by atoms with Gasteiger partial charge in [0.05, 0.1) is 6.54 Å². The van der Waals surface area contributed by atoms with Crippen LogP contribution in [0.4, 0.5) is 5.69 Å². The Kier molecular flexibility index (Phi) is 7.98. The highest BCUT2D eigenvalue weighted by Crippen LogP contribution is 2.25. The maximum absolute atomic E-state index is 12.0. The number of hydrogen-bond donors (Lipinski definition) is 4. The van der Waals surface area contributed by atoms with Crippen molar-refractivity contribution in [2.24, 2.45) is 5.92 Å². The van der Waals surface area contributed by atoms with Crippen molar-refractivity contribution in [2.75, 3.05) is 11.9 Å². The van der Waals surface area contributed by atoms with Gasteiger partial charge in [0.2, 0.25) is 11.8 Å². The van der Waals surface area contributed by atoms with Crippen molar-refractivity contribution in [1.29, 1.82) is 0 Å². The Bertz CT molecular complexity index is 711. The molecular weight excluding hydrogens is 362 g/mol. The number of carbonyl (C=O) groups is 4. The molecule has 0 heterocycles. The Morgan fingerprint density at radius 1 is 1.04 bits per heavy atom. The minimum Gasteiger partial charge on any atom is -0.480 e. The van der Waals surface area contributed by atoms with E-state index in [4.69, 9.17) is 5.11 Å². The van der Waals surface area contributed by atoms with Gasteiger partial charge in [0.25, 0.3) is 5.91 Å². The summed E-state index contributed by atoms with van der Waals surface area (Å²) in [5.74, 6) is -1.68. The number of carboxylic acids is 1. The van der Waals surface area contributed by atoms with Gasteiger partial charge in [-0.15, -0.1) is 0 Å². The number of nitrogens with one attached hydrogen (secondary N) is 3. The van der Waals surface area contributed by atoms with E-state index >= 15 is 0 Å². The van der Waals surface area contributed by atoms with E-state index in [1.807, 2.05) is 0 Å². The minimum absolute atomic E-state index is 0.107. The molecule has 3 amide bonds. The van der Waals surface area contributed by atoms with Gasteiger partial charge in [-0.2, -0.15) is 0 Å². The molecule has 1 aromatic carbocycles. The standard InChI is InChI=1S/C20H27N3O5/c1-13(20(27)28)22-19(26)15-7-9-16(10-8-15)23-18(25)12-21-17(24)11-14-5-3-2-4-6-14/h7-10,13-14H,2-6,11-12H2,1H3,(H,21,24)(H,22,26)(H,23,25)(H,27,28). The quantitative estimate of drug-likeness (QED) is 0.541. The molecule has 0 spiro atoms. The number of hydrogen-bond acceptors (Lipinski definition) is 4. The second kappa shape index (κ2) is 10.4. The fourth-order valence-corrected chi connectivity index (χ4v) is 3.16. The highest BCUT2D eigenvalue weighted by atomic mass is 16.4. The molecule has 1 unspecified atom stereocenters. The summed E-state index contributed by atoms with van der Waals surface area (Å²) in [4.78, 5) is 46.6. The van der Waals surface area contributed by atoms with E-state index in [1.165, 1.54) is 38.3 Å². The molecule has 0 bridgehead atoms. The average molecular weight is 389 g/mol. The summed E-state index contributed by atoms with van der Waals surface area (Å²) in [5, 5.41) is 16.4. The van der Waals surface area contributed by atoms with Gasteiger partial charge in [-0.05, 0) is 49.9 Å². The van der Waals surface area contributed by atoms with Crippen LogP contribution in [0.5, 0.6) is 0 Å². The zero-order chi connectivity index (χ0) is 20.5. The number of benzene rings is 1. The third kappa shape index (κ3) is 7.02. The van der Waals surface area contributed by atoms with Gasteiger partial charge in [-0.3, -0.25) is 19.2 Å². The van der Waals surface area contributed by atoms with Crippen molar-refractivity contribution in [2.45, 2.75) is 51.5 Å². The summed E-state index contributed by atoms with van der Waals surface area (Å²) in [7, 11) is 0. The lowest BCUT2D eigenvalue weighted by molar-refractivity contribution is -0.138. The molecule has 8 heteroatoms. The number of carbonyl (C=O) groups excluding carboxylic acids is 3. The molecule has 1 aromatic rings. The maximum Gasteiger partial charge on any atom is 0.325 e. The smallest absolute Gasteiger partial charge is 0.325 e. The molecule has 4 N–H and O–H groups in total. The Hall–Kier alpha value is -2.90. The molecule has 1 fully saturated rings. The molecule has 1 aliphatic carbocycles. The van der Waals surface area contributed by atoms with Crippen LogP contribution < -0.4 is 16.0 Å². The first-order valence-electron chi connectivity index (χ1n) is 9.55. The summed E-state index contributed by atoms with van der Waals surface area (Å²) in [6.07, 6.45) is 6.18. The number of aliphatic carboxylic acids is 1. The number of carboxylic acid groups (broad SMARTS) is 1. The number of amides is 3. The van der Waals surface area contributed by atoms with Crippen LogP contribution in [0, 0.1) is 5.92 Å². The molecule has 0 aromatic heterocycles. The largest absolute Gasteiger partial charge is 0.480 e.